The predicted molar refractivity (Wildman–Crippen MR) is 66.9 cm³/mol. The van der Waals surface area contributed by atoms with Crippen LogP contribution in [0.15, 0.2) is 17.2 Å². The van der Waals surface area contributed by atoms with Crippen molar-refractivity contribution in [3.8, 4) is 0 Å². The first kappa shape index (κ1) is 14.4. The van der Waals surface area contributed by atoms with Gasteiger partial charge in [-0.05, 0) is 16.3 Å². The number of anilines is 1. The minimum atomic E-state index is -3.59. The molecule has 0 saturated carbocycles. The lowest BCUT2D eigenvalue weighted by molar-refractivity contribution is -0.388. The molecular weight excluding hydrogens is 258 g/mol. The van der Waals surface area contributed by atoms with E-state index in [0.29, 0.717) is 6.42 Å². The second-order valence-corrected chi connectivity index (χ2v) is 5.91. The summed E-state index contributed by atoms with van der Waals surface area (Å²) in [7, 11) is -3.59. The number of hydrogen-bond donors (Lipinski definition) is 1. The van der Waals surface area contributed by atoms with E-state index in [1.807, 2.05) is 6.92 Å². The maximum absolute atomic E-state index is 12.0. The molecule has 0 atom stereocenters. The van der Waals surface area contributed by atoms with Crippen molar-refractivity contribution in [1.82, 2.24) is 4.98 Å². The number of nitro groups is 1. The number of unbranched alkanes of at least 4 members (excludes halogenated alkanes) is 2. The number of nitrogens with two attached hydrogens (primary N) is 1. The lowest BCUT2D eigenvalue weighted by atomic mass is 10.3. The van der Waals surface area contributed by atoms with Crippen molar-refractivity contribution >= 4 is 21.3 Å². The Hall–Kier alpha value is -1.70. The smallest absolute Gasteiger partial charge is 0.388 e. The molecule has 18 heavy (non-hydrogen) atoms. The zero-order chi connectivity index (χ0) is 13.8. The van der Waals surface area contributed by atoms with Gasteiger partial charge in [-0.3, -0.25) is 0 Å². The molecule has 1 aromatic rings. The molecule has 0 aliphatic rings. The van der Waals surface area contributed by atoms with Crippen molar-refractivity contribution in [2.75, 3.05) is 11.5 Å². The first-order chi connectivity index (χ1) is 8.40. The van der Waals surface area contributed by atoms with Crippen molar-refractivity contribution in [1.29, 1.82) is 0 Å². The summed E-state index contributed by atoms with van der Waals surface area (Å²) in [5.74, 6) is -0.682. The summed E-state index contributed by atoms with van der Waals surface area (Å²) in [5.41, 5.74) is 5.10. The summed E-state index contributed by atoms with van der Waals surface area (Å²) in [5, 5.41) is 10.6. The number of rotatable bonds is 6. The molecule has 1 heterocycles. The molecule has 0 spiro atoms. The van der Waals surface area contributed by atoms with Gasteiger partial charge in [-0.1, -0.05) is 19.8 Å². The van der Waals surface area contributed by atoms with E-state index in [1.54, 1.807) is 0 Å². The highest BCUT2D eigenvalue weighted by Crippen LogP contribution is 2.27. The average molecular weight is 273 g/mol. The molecule has 100 valence electrons. The van der Waals surface area contributed by atoms with Crippen LogP contribution in [0.5, 0.6) is 0 Å². The van der Waals surface area contributed by atoms with Crippen molar-refractivity contribution < 1.29 is 13.3 Å². The van der Waals surface area contributed by atoms with Gasteiger partial charge < -0.3 is 15.8 Å². The standard InChI is InChI=1S/C10H15N3O4S/c1-2-3-4-7-18(16,17)8-5-6-12-10(9(8)11)13(14)15/h5-6H,2-4,7,11H2,1H3. The summed E-state index contributed by atoms with van der Waals surface area (Å²) in [4.78, 5) is 13.1. The van der Waals surface area contributed by atoms with Crippen LogP contribution < -0.4 is 5.73 Å². The molecule has 7 nitrogen and oxygen atoms in total. The highest BCUT2D eigenvalue weighted by atomic mass is 32.2. The third kappa shape index (κ3) is 3.16. The number of hydrogen-bond acceptors (Lipinski definition) is 6. The molecule has 0 radical (unpaired) electrons. The molecule has 0 fully saturated rings. The number of nitrogens with zero attached hydrogens (tertiary/aromatic N) is 2. The lowest BCUT2D eigenvalue weighted by Crippen LogP contribution is -2.11. The van der Waals surface area contributed by atoms with E-state index in [-0.39, 0.29) is 16.3 Å². The second-order valence-electron chi connectivity index (χ2n) is 3.83. The Kier molecular flexibility index (Phi) is 4.60. The van der Waals surface area contributed by atoms with Gasteiger partial charge in [-0.25, -0.2) is 8.42 Å². The Morgan fingerprint density at radius 1 is 1.44 bits per heavy atom. The Morgan fingerprint density at radius 2 is 2.11 bits per heavy atom. The van der Waals surface area contributed by atoms with E-state index in [0.717, 1.165) is 19.0 Å². The topological polar surface area (TPSA) is 116 Å². The van der Waals surface area contributed by atoms with Crippen molar-refractivity contribution in [2.45, 2.75) is 31.1 Å². The molecule has 1 rings (SSSR count). The summed E-state index contributed by atoms with van der Waals surface area (Å²) in [6.07, 6.45) is 3.27. The first-order valence-electron chi connectivity index (χ1n) is 5.51. The van der Waals surface area contributed by atoms with Crippen molar-refractivity contribution in [3.63, 3.8) is 0 Å². The molecule has 2 N–H and O–H groups in total. The molecular formula is C10H15N3O4S. The lowest BCUT2D eigenvalue weighted by Gasteiger charge is -2.06. The predicted octanol–water partition coefficient (Wildman–Crippen LogP) is 1.54. The molecule has 0 saturated heterocycles. The minimum absolute atomic E-state index is 0.0633. The van der Waals surface area contributed by atoms with Gasteiger partial charge in [-0.2, -0.15) is 0 Å². The first-order valence-corrected chi connectivity index (χ1v) is 7.17. The van der Waals surface area contributed by atoms with Gasteiger partial charge >= 0.3 is 5.82 Å². The molecule has 0 bridgehead atoms. The normalized spacial score (nSPS) is 11.4. The number of pyridine rings is 1. The molecule has 0 amide bonds. The Labute approximate surface area is 105 Å². The highest BCUT2D eigenvalue weighted by molar-refractivity contribution is 7.91. The van der Waals surface area contributed by atoms with Crippen LogP contribution in [-0.4, -0.2) is 24.1 Å². The SMILES string of the molecule is CCCCCS(=O)(=O)c1ccnc([N+](=O)[O-])c1N. The third-order valence-corrected chi connectivity index (χ3v) is 4.31. The molecule has 0 aromatic carbocycles. The van der Waals surface area contributed by atoms with Crippen LogP contribution in [0, 0.1) is 10.1 Å². The van der Waals surface area contributed by atoms with Gasteiger partial charge in [0, 0.05) is 6.07 Å². The Balaban J connectivity index is 3.09. The van der Waals surface area contributed by atoms with Crippen LogP contribution in [0.1, 0.15) is 26.2 Å². The Morgan fingerprint density at radius 3 is 2.67 bits per heavy atom. The number of nitrogen functional groups attached to an aromatic ring is 1. The molecule has 0 aliphatic carbocycles. The summed E-state index contributed by atoms with van der Waals surface area (Å²) >= 11 is 0. The van der Waals surface area contributed by atoms with E-state index in [1.165, 1.54) is 6.07 Å². The fourth-order valence-electron chi connectivity index (χ4n) is 1.51. The van der Waals surface area contributed by atoms with Gasteiger partial charge in [0.1, 0.15) is 16.8 Å². The fourth-order valence-corrected chi connectivity index (χ4v) is 3.01. The summed E-state index contributed by atoms with van der Waals surface area (Å²) in [6.45, 7) is 1.96. The van der Waals surface area contributed by atoms with E-state index in [9.17, 15) is 18.5 Å². The van der Waals surface area contributed by atoms with E-state index in [4.69, 9.17) is 5.73 Å². The van der Waals surface area contributed by atoms with Gasteiger partial charge in [0.2, 0.25) is 0 Å². The van der Waals surface area contributed by atoms with Gasteiger partial charge in [-0.15, -0.1) is 0 Å². The van der Waals surface area contributed by atoms with Crippen molar-refractivity contribution in [3.05, 3.63) is 22.4 Å². The second kappa shape index (κ2) is 5.76. The highest BCUT2D eigenvalue weighted by Gasteiger charge is 2.24. The van der Waals surface area contributed by atoms with Gasteiger partial charge in [0.05, 0.1) is 5.75 Å². The van der Waals surface area contributed by atoms with Crippen LogP contribution in [-0.2, 0) is 9.84 Å². The quantitative estimate of drug-likeness (QED) is 0.477. The maximum atomic E-state index is 12.0. The van der Waals surface area contributed by atoms with Crippen LogP contribution in [0.2, 0.25) is 0 Å². The number of aromatic nitrogens is 1. The van der Waals surface area contributed by atoms with E-state index < -0.39 is 20.6 Å². The van der Waals surface area contributed by atoms with E-state index in [2.05, 4.69) is 4.98 Å². The van der Waals surface area contributed by atoms with Gasteiger partial charge in [0.15, 0.2) is 9.84 Å². The zero-order valence-electron chi connectivity index (χ0n) is 10.00. The summed E-state index contributed by atoms with van der Waals surface area (Å²) in [6, 6.07) is 1.20. The summed E-state index contributed by atoms with van der Waals surface area (Å²) < 4.78 is 23.9. The maximum Gasteiger partial charge on any atom is 0.388 e. The monoisotopic (exact) mass is 273 g/mol. The van der Waals surface area contributed by atoms with Crippen LogP contribution >= 0.6 is 0 Å². The zero-order valence-corrected chi connectivity index (χ0v) is 10.8. The molecule has 1 aromatic heterocycles. The third-order valence-electron chi connectivity index (χ3n) is 2.45. The van der Waals surface area contributed by atoms with Crippen molar-refractivity contribution in [2.24, 2.45) is 0 Å². The molecule has 0 aliphatic heterocycles. The molecule has 8 heteroatoms. The van der Waals surface area contributed by atoms with Gasteiger partial charge in [0.25, 0.3) is 0 Å². The largest absolute Gasteiger partial charge is 0.391 e. The van der Waals surface area contributed by atoms with Crippen LogP contribution in [0.25, 0.3) is 0 Å². The van der Waals surface area contributed by atoms with Crippen LogP contribution in [0.4, 0.5) is 11.5 Å². The van der Waals surface area contributed by atoms with E-state index >= 15 is 0 Å². The Bertz CT molecular complexity index is 542. The average Bonchev–Trinajstić information content (AvgIpc) is 2.28. The molecule has 0 unspecified atom stereocenters. The minimum Gasteiger partial charge on any atom is -0.391 e. The van der Waals surface area contributed by atoms with Crippen LogP contribution in [0.3, 0.4) is 0 Å². The number of sulfone groups is 1. The fraction of sp³-hybridized carbons (Fsp3) is 0.500.